The number of para-hydroxylation sites is 1. The van der Waals surface area contributed by atoms with Crippen LogP contribution in [0.5, 0.6) is 5.88 Å². The molecule has 0 saturated heterocycles. The second kappa shape index (κ2) is 5.90. The van der Waals surface area contributed by atoms with Gasteiger partial charge in [-0.05, 0) is 12.1 Å². The van der Waals surface area contributed by atoms with Gasteiger partial charge in [0.15, 0.2) is 5.71 Å². The molecule has 2 heterocycles. The average Bonchev–Trinajstić information content (AvgIpc) is 2.99. The van der Waals surface area contributed by atoms with Crippen LogP contribution in [0, 0.1) is 0 Å². The molecule has 0 unspecified atom stereocenters. The molecule has 0 saturated carbocycles. The van der Waals surface area contributed by atoms with Crippen LogP contribution in [0.3, 0.4) is 0 Å². The maximum atomic E-state index is 12.4. The number of aliphatic imine (C=N–C) groups is 1. The second-order valence-electron chi connectivity index (χ2n) is 5.47. The minimum absolute atomic E-state index is 0.0269. The number of aromatic nitrogens is 2. The zero-order valence-electron chi connectivity index (χ0n) is 13.8. The van der Waals surface area contributed by atoms with E-state index in [2.05, 4.69) is 4.99 Å². The highest BCUT2D eigenvalue weighted by Gasteiger charge is 2.28. The smallest absolute Gasteiger partial charge is 0.357 e. The molecular formula is C17H15N3O5. The Morgan fingerprint density at radius 3 is 2.56 bits per heavy atom. The van der Waals surface area contributed by atoms with E-state index in [1.165, 1.54) is 27.3 Å². The van der Waals surface area contributed by atoms with E-state index in [1.54, 1.807) is 24.3 Å². The third-order valence-electron chi connectivity index (χ3n) is 4.02. The Labute approximate surface area is 141 Å². The number of carbonyl (C=O) groups excluding carboxylic acids is 1. The summed E-state index contributed by atoms with van der Waals surface area (Å²) in [6, 6.07) is 6.99. The highest BCUT2D eigenvalue weighted by Crippen LogP contribution is 2.36. The first-order valence-corrected chi connectivity index (χ1v) is 7.34. The molecular weight excluding hydrogens is 326 g/mol. The number of esters is 1. The lowest BCUT2D eigenvalue weighted by atomic mass is 10.0. The van der Waals surface area contributed by atoms with Crippen molar-refractivity contribution in [1.82, 2.24) is 9.13 Å². The van der Waals surface area contributed by atoms with Crippen molar-refractivity contribution >= 4 is 29.0 Å². The minimum Gasteiger partial charge on any atom is -0.494 e. The molecule has 128 valence electrons. The predicted molar refractivity (Wildman–Crippen MR) is 92.0 cm³/mol. The van der Waals surface area contributed by atoms with E-state index in [9.17, 15) is 19.5 Å². The molecule has 0 radical (unpaired) electrons. The van der Waals surface area contributed by atoms with E-state index < -0.39 is 23.1 Å². The van der Waals surface area contributed by atoms with E-state index in [0.717, 1.165) is 9.13 Å². The van der Waals surface area contributed by atoms with Gasteiger partial charge in [-0.25, -0.2) is 14.6 Å². The van der Waals surface area contributed by atoms with E-state index in [1.807, 2.05) is 0 Å². The number of methoxy groups -OCH3 is 1. The fourth-order valence-corrected chi connectivity index (χ4v) is 2.64. The lowest BCUT2D eigenvalue weighted by Gasteiger charge is -2.09. The number of nitrogens with zero attached hydrogens (tertiary/aromatic N) is 3. The first-order chi connectivity index (χ1) is 11.9. The Hall–Kier alpha value is -3.42. The van der Waals surface area contributed by atoms with Crippen LogP contribution in [0.1, 0.15) is 11.1 Å². The van der Waals surface area contributed by atoms with E-state index in [-0.39, 0.29) is 11.3 Å². The highest BCUT2D eigenvalue weighted by molar-refractivity contribution is 6.58. The molecule has 1 aliphatic rings. The first-order valence-electron chi connectivity index (χ1n) is 7.34. The quantitative estimate of drug-likeness (QED) is 0.805. The van der Waals surface area contributed by atoms with Crippen molar-refractivity contribution in [2.45, 2.75) is 0 Å². The molecule has 1 aromatic carbocycles. The van der Waals surface area contributed by atoms with Gasteiger partial charge in [-0.2, -0.15) is 0 Å². The summed E-state index contributed by atoms with van der Waals surface area (Å²) in [4.78, 5) is 40.5. The summed E-state index contributed by atoms with van der Waals surface area (Å²) in [7, 11) is 3.88. The van der Waals surface area contributed by atoms with Gasteiger partial charge in [0.1, 0.15) is 5.56 Å². The summed E-state index contributed by atoms with van der Waals surface area (Å²) >= 11 is 0. The Morgan fingerprint density at radius 1 is 1.20 bits per heavy atom. The normalized spacial score (nSPS) is 14.4. The summed E-state index contributed by atoms with van der Waals surface area (Å²) < 4.78 is 6.57. The standard InChI is InChI=1S/C17H15N3O5/c1-19-14(21)11(15(22)20(2)17(19)24)8-10-9-6-4-5-7-12(9)18-13(10)16(23)25-3/h4-8,21H,1-3H3. The number of rotatable bonds is 2. The van der Waals surface area contributed by atoms with Crippen molar-refractivity contribution in [1.29, 1.82) is 0 Å². The Bertz CT molecular complexity index is 1070. The number of hydrogen-bond acceptors (Lipinski definition) is 6. The van der Waals surface area contributed by atoms with E-state index in [0.29, 0.717) is 16.8 Å². The third-order valence-corrected chi connectivity index (χ3v) is 4.02. The number of benzene rings is 1. The maximum absolute atomic E-state index is 12.4. The van der Waals surface area contributed by atoms with Crippen molar-refractivity contribution in [2.24, 2.45) is 19.1 Å². The van der Waals surface area contributed by atoms with Crippen molar-refractivity contribution < 1.29 is 14.6 Å². The predicted octanol–water partition coefficient (Wildman–Crippen LogP) is 0.589. The number of carbonyl (C=O) groups is 1. The van der Waals surface area contributed by atoms with Gasteiger partial charge in [0.25, 0.3) is 5.56 Å². The average molecular weight is 341 g/mol. The molecule has 0 fully saturated rings. The molecule has 1 aromatic heterocycles. The van der Waals surface area contributed by atoms with Crippen LogP contribution in [-0.2, 0) is 23.6 Å². The van der Waals surface area contributed by atoms with Gasteiger partial charge in [0.2, 0.25) is 5.88 Å². The number of aromatic hydroxyl groups is 1. The molecule has 8 nitrogen and oxygen atoms in total. The number of fused-ring (bicyclic) bond motifs is 1. The van der Waals surface area contributed by atoms with Crippen LogP contribution >= 0.6 is 0 Å². The fourth-order valence-electron chi connectivity index (χ4n) is 2.64. The van der Waals surface area contributed by atoms with Crippen LogP contribution in [0.15, 0.2) is 38.8 Å². The lowest BCUT2D eigenvalue weighted by molar-refractivity contribution is -0.132. The molecule has 0 aliphatic carbocycles. The van der Waals surface area contributed by atoms with E-state index >= 15 is 0 Å². The molecule has 0 spiro atoms. The van der Waals surface area contributed by atoms with Crippen LogP contribution in [0.2, 0.25) is 0 Å². The summed E-state index contributed by atoms with van der Waals surface area (Å²) in [6.07, 6.45) is 1.35. The minimum atomic E-state index is -0.679. The molecule has 1 aliphatic heterocycles. The van der Waals surface area contributed by atoms with Crippen LogP contribution < -0.4 is 11.2 Å². The molecule has 0 bridgehead atoms. The molecule has 1 N–H and O–H groups in total. The number of ether oxygens (including phenoxy) is 1. The summed E-state index contributed by atoms with van der Waals surface area (Å²) in [5.41, 5.74) is 0.0916. The molecule has 8 heteroatoms. The van der Waals surface area contributed by atoms with Gasteiger partial charge >= 0.3 is 11.7 Å². The zero-order chi connectivity index (χ0) is 18.3. The fraction of sp³-hybridized carbons (Fsp3) is 0.176. The van der Waals surface area contributed by atoms with E-state index in [4.69, 9.17) is 4.74 Å². The van der Waals surface area contributed by atoms with Gasteiger partial charge < -0.3 is 9.84 Å². The maximum Gasteiger partial charge on any atom is 0.357 e. The van der Waals surface area contributed by atoms with Gasteiger partial charge in [0, 0.05) is 25.2 Å². The number of hydrogen-bond donors (Lipinski definition) is 1. The molecule has 2 aromatic rings. The van der Waals surface area contributed by atoms with Gasteiger partial charge in [0.05, 0.1) is 12.8 Å². The van der Waals surface area contributed by atoms with Crippen LogP contribution in [0.4, 0.5) is 5.69 Å². The first kappa shape index (κ1) is 16.4. The molecule has 25 heavy (non-hydrogen) atoms. The van der Waals surface area contributed by atoms with Gasteiger partial charge in [-0.3, -0.25) is 13.9 Å². The van der Waals surface area contributed by atoms with Crippen LogP contribution in [-0.4, -0.2) is 33.0 Å². The Kier molecular flexibility index (Phi) is 3.88. The molecule has 0 atom stereocenters. The summed E-state index contributed by atoms with van der Waals surface area (Å²) in [5.74, 6) is -1.15. The van der Waals surface area contributed by atoms with Crippen LogP contribution in [0.25, 0.3) is 11.6 Å². The van der Waals surface area contributed by atoms with Crippen molar-refractivity contribution in [3.05, 3.63) is 56.2 Å². The topological polar surface area (TPSA) is 103 Å². The van der Waals surface area contributed by atoms with Crippen molar-refractivity contribution in [3.63, 3.8) is 0 Å². The monoisotopic (exact) mass is 341 g/mol. The summed E-state index contributed by atoms with van der Waals surface area (Å²) in [6.45, 7) is 0. The Morgan fingerprint density at radius 2 is 1.88 bits per heavy atom. The summed E-state index contributed by atoms with van der Waals surface area (Å²) in [5, 5.41) is 10.2. The van der Waals surface area contributed by atoms with Gasteiger partial charge in [-0.1, -0.05) is 18.2 Å². The molecule has 0 amide bonds. The second-order valence-corrected chi connectivity index (χ2v) is 5.47. The SMILES string of the molecule is COC(=O)C1=Nc2ccccc2C1=Cc1c(O)n(C)c(=O)n(C)c1=O. The zero-order valence-corrected chi connectivity index (χ0v) is 13.8. The molecule has 3 rings (SSSR count). The lowest BCUT2D eigenvalue weighted by Crippen LogP contribution is -2.38. The Balaban J connectivity index is 2.32. The van der Waals surface area contributed by atoms with Gasteiger partial charge in [-0.15, -0.1) is 0 Å². The van der Waals surface area contributed by atoms with Crippen molar-refractivity contribution in [2.75, 3.05) is 7.11 Å². The van der Waals surface area contributed by atoms with Crippen molar-refractivity contribution in [3.8, 4) is 5.88 Å². The highest BCUT2D eigenvalue weighted by atomic mass is 16.5. The largest absolute Gasteiger partial charge is 0.494 e. The third kappa shape index (κ3) is 2.47.